The second-order valence-corrected chi connectivity index (χ2v) is 6.19. The highest BCUT2D eigenvalue weighted by Crippen LogP contribution is 2.32. The van der Waals surface area contributed by atoms with E-state index in [4.69, 9.17) is 39.5 Å². The molecule has 21 heavy (non-hydrogen) atoms. The first-order chi connectivity index (χ1) is 10.1. The van der Waals surface area contributed by atoms with Crippen LogP contribution in [0.15, 0.2) is 30.5 Å². The fraction of sp³-hybridized carbons (Fsp3) is 0.267. The Hall–Kier alpha value is -1.000. The molecule has 0 amide bonds. The summed E-state index contributed by atoms with van der Waals surface area (Å²) < 4.78 is 5.63. The molecule has 0 aliphatic heterocycles. The van der Waals surface area contributed by atoms with Gasteiger partial charge < -0.3 is 10.1 Å². The van der Waals surface area contributed by atoms with Crippen molar-refractivity contribution >= 4 is 34.8 Å². The predicted octanol–water partition coefficient (Wildman–Crippen LogP) is 5.09. The van der Waals surface area contributed by atoms with Gasteiger partial charge in [0.2, 0.25) is 5.88 Å². The molecule has 1 aliphatic carbocycles. The maximum atomic E-state index is 6.21. The molecule has 110 valence electrons. The molecule has 3 nitrogen and oxygen atoms in total. The van der Waals surface area contributed by atoms with Crippen molar-refractivity contribution in [2.24, 2.45) is 0 Å². The van der Waals surface area contributed by atoms with E-state index < -0.39 is 0 Å². The van der Waals surface area contributed by atoms with Gasteiger partial charge in [-0.3, -0.25) is 0 Å². The van der Waals surface area contributed by atoms with E-state index in [2.05, 4.69) is 10.3 Å². The highest BCUT2D eigenvalue weighted by molar-refractivity contribution is 6.42. The van der Waals surface area contributed by atoms with E-state index in [1.165, 1.54) is 12.8 Å². The molecule has 0 spiro atoms. The molecule has 2 aromatic rings. The minimum atomic E-state index is 0.352. The van der Waals surface area contributed by atoms with E-state index in [0.29, 0.717) is 32.7 Å². The summed E-state index contributed by atoms with van der Waals surface area (Å²) in [5.74, 6) is 0.896. The molecule has 6 heteroatoms. The summed E-state index contributed by atoms with van der Waals surface area (Å²) in [7, 11) is 0. The molecule has 1 fully saturated rings. The Morgan fingerprint density at radius 3 is 2.57 bits per heavy atom. The van der Waals surface area contributed by atoms with Gasteiger partial charge in [0.25, 0.3) is 0 Å². The third-order valence-electron chi connectivity index (χ3n) is 3.14. The first-order valence-electron chi connectivity index (χ1n) is 6.62. The summed E-state index contributed by atoms with van der Waals surface area (Å²) in [6.45, 7) is 0.768. The number of ether oxygens (including phenoxy) is 1. The third-order valence-corrected chi connectivity index (χ3v) is 4.15. The number of hydrogen-bond acceptors (Lipinski definition) is 3. The van der Waals surface area contributed by atoms with Crippen molar-refractivity contribution in [2.45, 2.75) is 25.4 Å². The Kier molecular flexibility index (Phi) is 4.55. The van der Waals surface area contributed by atoms with Gasteiger partial charge in [0.15, 0.2) is 0 Å². The van der Waals surface area contributed by atoms with Gasteiger partial charge in [-0.1, -0.05) is 34.8 Å². The second kappa shape index (κ2) is 6.41. The molecule has 1 saturated carbocycles. The Balaban J connectivity index is 1.70. The van der Waals surface area contributed by atoms with Crippen molar-refractivity contribution in [3.8, 4) is 11.6 Å². The van der Waals surface area contributed by atoms with Gasteiger partial charge in [0, 0.05) is 24.8 Å². The van der Waals surface area contributed by atoms with Gasteiger partial charge in [-0.25, -0.2) is 4.98 Å². The fourth-order valence-corrected chi connectivity index (χ4v) is 2.35. The standard InChI is InChI=1S/C15H13Cl3N2O/c16-12-4-3-11(6-13(12)17)21-15-14(18)5-9(8-20-15)7-19-10-1-2-10/h3-6,8,10,19H,1-2,7H2. The van der Waals surface area contributed by atoms with E-state index >= 15 is 0 Å². The third kappa shape index (κ3) is 4.01. The average Bonchev–Trinajstić information content (AvgIpc) is 3.27. The van der Waals surface area contributed by atoms with Crippen LogP contribution in [-0.2, 0) is 6.54 Å². The monoisotopic (exact) mass is 342 g/mol. The van der Waals surface area contributed by atoms with Crippen LogP contribution in [-0.4, -0.2) is 11.0 Å². The zero-order valence-corrected chi connectivity index (χ0v) is 13.3. The zero-order chi connectivity index (χ0) is 14.8. The number of pyridine rings is 1. The summed E-state index contributed by atoms with van der Waals surface area (Å²) in [5.41, 5.74) is 1.04. The SMILES string of the molecule is Clc1ccc(Oc2ncc(CNC3CC3)cc2Cl)cc1Cl. The number of rotatable bonds is 5. The number of aromatic nitrogens is 1. The quantitative estimate of drug-likeness (QED) is 0.821. The summed E-state index contributed by atoms with van der Waals surface area (Å²) >= 11 is 18.0. The van der Waals surface area contributed by atoms with Crippen LogP contribution in [0.4, 0.5) is 0 Å². The largest absolute Gasteiger partial charge is 0.437 e. The van der Waals surface area contributed by atoms with E-state index in [1.807, 2.05) is 6.07 Å². The molecule has 1 aliphatic rings. The van der Waals surface area contributed by atoms with Crippen molar-refractivity contribution in [3.05, 3.63) is 51.1 Å². The summed E-state index contributed by atoms with van der Waals surface area (Å²) in [5, 5.41) is 4.78. The molecular weight excluding hydrogens is 331 g/mol. The van der Waals surface area contributed by atoms with Crippen LogP contribution in [0.1, 0.15) is 18.4 Å². The second-order valence-electron chi connectivity index (χ2n) is 4.96. The topological polar surface area (TPSA) is 34.1 Å². The lowest BCUT2D eigenvalue weighted by Gasteiger charge is -2.09. The number of nitrogens with one attached hydrogen (secondary N) is 1. The van der Waals surface area contributed by atoms with E-state index in [-0.39, 0.29) is 0 Å². The lowest BCUT2D eigenvalue weighted by molar-refractivity contribution is 0.462. The lowest BCUT2D eigenvalue weighted by atomic mass is 10.3. The summed E-state index contributed by atoms with van der Waals surface area (Å²) in [6.07, 6.45) is 4.26. The number of nitrogens with zero attached hydrogens (tertiary/aromatic N) is 1. The van der Waals surface area contributed by atoms with E-state index in [1.54, 1.807) is 24.4 Å². The van der Waals surface area contributed by atoms with Gasteiger partial charge in [0.05, 0.1) is 10.0 Å². The number of halogens is 3. The van der Waals surface area contributed by atoms with Gasteiger partial charge in [-0.2, -0.15) is 0 Å². The molecule has 0 saturated heterocycles. The molecule has 0 radical (unpaired) electrons. The predicted molar refractivity (Wildman–Crippen MR) is 85.6 cm³/mol. The Bertz CT molecular complexity index is 659. The Labute approximate surface area is 138 Å². The van der Waals surface area contributed by atoms with Crippen molar-refractivity contribution < 1.29 is 4.74 Å². The molecule has 0 unspecified atom stereocenters. The van der Waals surface area contributed by atoms with Crippen molar-refractivity contribution in [1.29, 1.82) is 0 Å². The van der Waals surface area contributed by atoms with Gasteiger partial charge in [0.1, 0.15) is 10.8 Å². The van der Waals surface area contributed by atoms with Crippen LogP contribution in [0, 0.1) is 0 Å². The molecule has 1 aromatic carbocycles. The molecule has 1 aromatic heterocycles. The Morgan fingerprint density at radius 1 is 1.10 bits per heavy atom. The van der Waals surface area contributed by atoms with Crippen LogP contribution in [0.5, 0.6) is 11.6 Å². The minimum absolute atomic E-state index is 0.352. The van der Waals surface area contributed by atoms with Gasteiger partial charge in [-0.05, 0) is 36.6 Å². The van der Waals surface area contributed by atoms with E-state index in [9.17, 15) is 0 Å². The number of hydrogen-bond donors (Lipinski definition) is 1. The van der Waals surface area contributed by atoms with E-state index in [0.717, 1.165) is 12.1 Å². The first kappa shape index (κ1) is 14.9. The maximum Gasteiger partial charge on any atom is 0.238 e. The Morgan fingerprint density at radius 2 is 1.90 bits per heavy atom. The molecule has 1 heterocycles. The average molecular weight is 344 g/mol. The van der Waals surface area contributed by atoms with Gasteiger partial charge in [-0.15, -0.1) is 0 Å². The summed E-state index contributed by atoms with van der Waals surface area (Å²) in [6, 6.07) is 7.52. The number of benzene rings is 1. The highest BCUT2D eigenvalue weighted by atomic mass is 35.5. The normalized spacial score (nSPS) is 14.2. The van der Waals surface area contributed by atoms with Crippen LogP contribution < -0.4 is 10.1 Å². The van der Waals surface area contributed by atoms with Crippen molar-refractivity contribution in [3.63, 3.8) is 0 Å². The maximum absolute atomic E-state index is 6.21. The minimum Gasteiger partial charge on any atom is -0.437 e. The molecule has 3 rings (SSSR count). The molecule has 0 bridgehead atoms. The van der Waals surface area contributed by atoms with Crippen LogP contribution in [0.25, 0.3) is 0 Å². The van der Waals surface area contributed by atoms with Crippen LogP contribution >= 0.6 is 34.8 Å². The highest BCUT2D eigenvalue weighted by Gasteiger charge is 2.20. The fourth-order valence-electron chi connectivity index (χ4n) is 1.84. The van der Waals surface area contributed by atoms with Gasteiger partial charge >= 0.3 is 0 Å². The van der Waals surface area contributed by atoms with Crippen LogP contribution in [0.3, 0.4) is 0 Å². The lowest BCUT2D eigenvalue weighted by Crippen LogP contribution is -2.15. The van der Waals surface area contributed by atoms with Crippen LogP contribution in [0.2, 0.25) is 15.1 Å². The van der Waals surface area contributed by atoms with Crippen molar-refractivity contribution in [1.82, 2.24) is 10.3 Å². The van der Waals surface area contributed by atoms with Crippen molar-refractivity contribution in [2.75, 3.05) is 0 Å². The zero-order valence-electron chi connectivity index (χ0n) is 11.1. The smallest absolute Gasteiger partial charge is 0.238 e. The first-order valence-corrected chi connectivity index (χ1v) is 7.76. The molecule has 0 atom stereocenters. The molecular formula is C15H13Cl3N2O. The molecule has 1 N–H and O–H groups in total. The summed E-state index contributed by atoms with van der Waals surface area (Å²) in [4.78, 5) is 4.25.